The first-order valence-corrected chi connectivity index (χ1v) is 12.8. The Balaban J connectivity index is 1.49. The smallest absolute Gasteiger partial charge is 0.271 e. The third-order valence-corrected chi connectivity index (χ3v) is 8.34. The molecule has 0 bridgehead atoms. The van der Waals surface area contributed by atoms with Gasteiger partial charge in [0.05, 0.1) is 18.1 Å². The van der Waals surface area contributed by atoms with Crippen molar-refractivity contribution in [2.24, 2.45) is 0 Å². The van der Waals surface area contributed by atoms with Crippen LogP contribution in [0.25, 0.3) is 0 Å². The maximum Gasteiger partial charge on any atom is 0.271 e. The fourth-order valence-corrected chi connectivity index (χ4v) is 5.88. The second-order valence-corrected chi connectivity index (χ2v) is 10.9. The fourth-order valence-electron chi connectivity index (χ4n) is 2.75. The molecule has 1 aliphatic rings. The van der Waals surface area contributed by atoms with Crippen molar-refractivity contribution < 1.29 is 26.3 Å². The third kappa shape index (κ3) is 4.53. The summed E-state index contributed by atoms with van der Waals surface area (Å²) in [6.07, 6.45) is 0.720. The topological polar surface area (TPSA) is 111 Å². The monoisotopic (exact) mass is 466 g/mol. The first-order chi connectivity index (χ1) is 14.3. The highest BCUT2D eigenvalue weighted by molar-refractivity contribution is 7.94. The standard InChI is InChI=1S/C19H18N2O6S3/c22-29(23,16-8-9-17-18(13-16)27-11-2-10-26-17)20-14-4-6-15(7-5-14)21-30(24,25)19-3-1-12-28-19/h1,3-9,12-13,20-21H,2,10-11H2. The van der Waals surface area contributed by atoms with Gasteiger partial charge in [-0.3, -0.25) is 9.44 Å². The third-order valence-electron chi connectivity index (χ3n) is 4.18. The highest BCUT2D eigenvalue weighted by Crippen LogP contribution is 2.32. The molecule has 2 aromatic carbocycles. The van der Waals surface area contributed by atoms with Gasteiger partial charge in [-0.1, -0.05) is 6.07 Å². The van der Waals surface area contributed by atoms with Gasteiger partial charge in [0.2, 0.25) is 0 Å². The van der Waals surface area contributed by atoms with E-state index in [1.807, 2.05) is 0 Å². The SMILES string of the molecule is O=S(=O)(Nc1ccc(NS(=O)(=O)c2cccs2)cc1)c1ccc2c(c1)OCCCO2. The van der Waals surface area contributed by atoms with E-state index in [1.165, 1.54) is 42.5 Å². The van der Waals surface area contributed by atoms with E-state index >= 15 is 0 Å². The van der Waals surface area contributed by atoms with Crippen molar-refractivity contribution in [3.05, 3.63) is 60.0 Å². The summed E-state index contributed by atoms with van der Waals surface area (Å²) in [7, 11) is -7.53. The van der Waals surface area contributed by atoms with E-state index in [0.29, 0.717) is 36.1 Å². The highest BCUT2D eigenvalue weighted by Gasteiger charge is 2.19. The summed E-state index contributed by atoms with van der Waals surface area (Å²) < 4.78 is 66.2. The van der Waals surface area contributed by atoms with Crippen molar-refractivity contribution in [1.29, 1.82) is 0 Å². The number of sulfonamides is 2. The Hall–Kier alpha value is -2.76. The molecule has 0 saturated carbocycles. The lowest BCUT2D eigenvalue weighted by molar-refractivity contribution is 0.297. The van der Waals surface area contributed by atoms with Gasteiger partial charge < -0.3 is 9.47 Å². The lowest BCUT2D eigenvalue weighted by Gasteiger charge is -2.12. The minimum absolute atomic E-state index is 0.0363. The van der Waals surface area contributed by atoms with Crippen LogP contribution < -0.4 is 18.9 Å². The van der Waals surface area contributed by atoms with Gasteiger partial charge in [-0.15, -0.1) is 11.3 Å². The van der Waals surface area contributed by atoms with Crippen LogP contribution in [0.3, 0.4) is 0 Å². The molecule has 158 valence electrons. The first-order valence-electron chi connectivity index (χ1n) is 8.92. The predicted octanol–water partition coefficient (Wildman–Crippen LogP) is 3.51. The molecule has 2 heterocycles. The molecule has 30 heavy (non-hydrogen) atoms. The molecule has 0 aliphatic carbocycles. The number of thiophene rings is 1. The molecular weight excluding hydrogens is 448 g/mol. The van der Waals surface area contributed by atoms with Crippen LogP contribution in [0, 0.1) is 0 Å². The van der Waals surface area contributed by atoms with E-state index in [1.54, 1.807) is 17.5 Å². The molecule has 0 fully saturated rings. The number of benzene rings is 2. The minimum Gasteiger partial charge on any atom is -0.490 e. The van der Waals surface area contributed by atoms with Crippen molar-refractivity contribution in [1.82, 2.24) is 0 Å². The molecule has 1 aliphatic heterocycles. The van der Waals surface area contributed by atoms with Crippen LogP contribution in [0.5, 0.6) is 11.5 Å². The lowest BCUT2D eigenvalue weighted by atomic mass is 10.3. The zero-order valence-corrected chi connectivity index (χ0v) is 18.0. The molecule has 0 amide bonds. The molecule has 0 atom stereocenters. The molecule has 11 heteroatoms. The van der Waals surface area contributed by atoms with Crippen molar-refractivity contribution >= 4 is 42.8 Å². The van der Waals surface area contributed by atoms with Gasteiger partial charge in [0, 0.05) is 23.9 Å². The van der Waals surface area contributed by atoms with Crippen molar-refractivity contribution in [3.8, 4) is 11.5 Å². The van der Waals surface area contributed by atoms with Crippen LogP contribution in [0.1, 0.15) is 6.42 Å². The Labute approximate surface area is 178 Å². The van der Waals surface area contributed by atoms with E-state index in [2.05, 4.69) is 9.44 Å². The summed E-state index contributed by atoms with van der Waals surface area (Å²) in [5, 5.41) is 1.67. The molecule has 3 aromatic rings. The summed E-state index contributed by atoms with van der Waals surface area (Å²) in [6.45, 7) is 0.965. The van der Waals surface area contributed by atoms with Crippen molar-refractivity contribution in [2.75, 3.05) is 22.7 Å². The van der Waals surface area contributed by atoms with Crippen molar-refractivity contribution in [2.45, 2.75) is 15.5 Å². The Bertz CT molecular complexity index is 1240. The number of fused-ring (bicyclic) bond motifs is 1. The highest BCUT2D eigenvalue weighted by atomic mass is 32.2. The molecule has 4 rings (SSSR count). The molecule has 8 nitrogen and oxygen atoms in total. The van der Waals surface area contributed by atoms with E-state index in [9.17, 15) is 16.8 Å². The van der Waals surface area contributed by atoms with Crippen LogP contribution in [-0.4, -0.2) is 30.0 Å². The summed E-state index contributed by atoms with van der Waals surface area (Å²) in [5.41, 5.74) is 0.614. The number of hydrogen-bond donors (Lipinski definition) is 2. The summed E-state index contributed by atoms with van der Waals surface area (Å²) in [5.74, 6) is 0.891. The largest absolute Gasteiger partial charge is 0.490 e. The van der Waals surface area contributed by atoms with Gasteiger partial charge >= 0.3 is 0 Å². The van der Waals surface area contributed by atoms with Gasteiger partial charge in [-0.2, -0.15) is 0 Å². The summed E-state index contributed by atoms with van der Waals surface area (Å²) in [6, 6.07) is 13.5. The second kappa shape index (κ2) is 8.17. The maximum absolute atomic E-state index is 12.7. The molecule has 1 aromatic heterocycles. The summed E-state index contributed by atoms with van der Waals surface area (Å²) >= 11 is 1.11. The zero-order valence-electron chi connectivity index (χ0n) is 15.6. The Kier molecular flexibility index (Phi) is 5.58. The Morgan fingerprint density at radius 2 is 1.40 bits per heavy atom. The number of rotatable bonds is 6. The van der Waals surface area contributed by atoms with Crippen LogP contribution in [0.4, 0.5) is 11.4 Å². The first kappa shape index (κ1) is 20.5. The van der Waals surface area contributed by atoms with Crippen LogP contribution in [0.2, 0.25) is 0 Å². The van der Waals surface area contributed by atoms with E-state index in [4.69, 9.17) is 9.47 Å². The average molecular weight is 467 g/mol. The number of ether oxygens (including phenoxy) is 2. The van der Waals surface area contributed by atoms with E-state index < -0.39 is 20.0 Å². The van der Waals surface area contributed by atoms with Crippen molar-refractivity contribution in [3.63, 3.8) is 0 Å². The molecule has 0 saturated heterocycles. The second-order valence-electron chi connectivity index (χ2n) is 6.38. The zero-order chi connectivity index (χ0) is 21.2. The van der Waals surface area contributed by atoms with Gasteiger partial charge in [0.25, 0.3) is 20.0 Å². The lowest BCUT2D eigenvalue weighted by Crippen LogP contribution is -2.14. The van der Waals surface area contributed by atoms with E-state index in [-0.39, 0.29) is 9.10 Å². The molecule has 0 unspecified atom stereocenters. The number of anilines is 2. The quantitative estimate of drug-likeness (QED) is 0.575. The predicted molar refractivity (Wildman–Crippen MR) is 114 cm³/mol. The molecule has 0 radical (unpaired) electrons. The number of nitrogens with one attached hydrogen (secondary N) is 2. The van der Waals surface area contributed by atoms with Gasteiger partial charge in [0.1, 0.15) is 4.21 Å². The Morgan fingerprint density at radius 3 is 2.03 bits per heavy atom. The van der Waals surface area contributed by atoms with Crippen LogP contribution in [-0.2, 0) is 20.0 Å². The molecule has 0 spiro atoms. The molecular formula is C19H18N2O6S3. The average Bonchev–Trinajstić information content (AvgIpc) is 3.16. The van der Waals surface area contributed by atoms with Gasteiger partial charge in [0.15, 0.2) is 11.5 Å². The number of hydrogen-bond acceptors (Lipinski definition) is 7. The molecule has 2 N–H and O–H groups in total. The van der Waals surface area contributed by atoms with Gasteiger partial charge in [-0.25, -0.2) is 16.8 Å². The van der Waals surface area contributed by atoms with Crippen LogP contribution >= 0.6 is 11.3 Å². The van der Waals surface area contributed by atoms with Gasteiger partial charge in [-0.05, 0) is 47.8 Å². The Morgan fingerprint density at radius 1 is 0.767 bits per heavy atom. The maximum atomic E-state index is 12.7. The van der Waals surface area contributed by atoms with Crippen LogP contribution in [0.15, 0.2) is 69.1 Å². The normalized spacial score (nSPS) is 14.0. The summed E-state index contributed by atoms with van der Waals surface area (Å²) in [4.78, 5) is 0.0363. The minimum atomic E-state index is -3.86. The van der Waals surface area contributed by atoms with E-state index in [0.717, 1.165) is 17.8 Å². The fraction of sp³-hybridized carbons (Fsp3) is 0.158.